The topological polar surface area (TPSA) is 72.9 Å². The molecule has 2 amide bonds. The van der Waals surface area contributed by atoms with E-state index >= 15 is 0 Å². The number of carbonyl (C=O) groups excluding carboxylic acids is 2. The van der Waals surface area contributed by atoms with Crippen molar-refractivity contribution in [2.24, 2.45) is 11.8 Å². The fourth-order valence-electron chi connectivity index (χ4n) is 5.14. The second kappa shape index (κ2) is 7.68. The Labute approximate surface area is 182 Å². The number of aliphatic hydroxyl groups is 1. The molecule has 1 saturated carbocycles. The maximum absolute atomic E-state index is 13.0. The van der Waals surface area contributed by atoms with Gasteiger partial charge in [-0.05, 0) is 60.2 Å². The number of nitrogens with one attached hydrogen (secondary N) is 1. The van der Waals surface area contributed by atoms with Crippen LogP contribution in [0, 0.1) is 11.8 Å². The third-order valence-corrected chi connectivity index (χ3v) is 6.93. The molecule has 5 rings (SSSR count). The van der Waals surface area contributed by atoms with Crippen molar-refractivity contribution in [2.75, 3.05) is 32.6 Å². The molecule has 2 aromatic carbocycles. The van der Waals surface area contributed by atoms with E-state index in [2.05, 4.69) is 16.3 Å². The summed E-state index contributed by atoms with van der Waals surface area (Å²) in [5.74, 6) is 0.629. The van der Waals surface area contributed by atoms with Gasteiger partial charge < -0.3 is 20.2 Å². The molecule has 0 bridgehead atoms. The fourth-order valence-corrected chi connectivity index (χ4v) is 5.14. The van der Waals surface area contributed by atoms with Crippen LogP contribution in [0.25, 0.3) is 11.1 Å². The Morgan fingerprint density at radius 3 is 2.58 bits per heavy atom. The van der Waals surface area contributed by atoms with Crippen LogP contribution >= 0.6 is 0 Å². The van der Waals surface area contributed by atoms with Crippen LogP contribution < -0.4 is 5.32 Å². The zero-order valence-electron chi connectivity index (χ0n) is 18.0. The lowest BCUT2D eigenvalue weighted by molar-refractivity contribution is -0.134. The highest BCUT2D eigenvalue weighted by Crippen LogP contribution is 2.49. The Kier molecular flexibility index (Phi) is 4.97. The van der Waals surface area contributed by atoms with E-state index in [1.54, 1.807) is 19.0 Å². The van der Waals surface area contributed by atoms with Crippen LogP contribution in [0.2, 0.25) is 0 Å². The fraction of sp³-hybridized carbons (Fsp3) is 0.440. The number of likely N-dealkylation sites (tertiary alicyclic amines) is 1. The van der Waals surface area contributed by atoms with Gasteiger partial charge in [-0.3, -0.25) is 9.59 Å². The molecule has 0 unspecified atom stereocenters. The molecule has 6 heteroatoms. The Morgan fingerprint density at radius 1 is 1.10 bits per heavy atom. The van der Waals surface area contributed by atoms with Crippen molar-refractivity contribution >= 4 is 17.5 Å². The molecule has 1 aliphatic carbocycles. The van der Waals surface area contributed by atoms with Crippen LogP contribution in [0.1, 0.15) is 41.2 Å². The largest absolute Gasteiger partial charge is 0.394 e. The molecule has 0 aromatic heterocycles. The summed E-state index contributed by atoms with van der Waals surface area (Å²) in [6.07, 6.45) is 2.89. The molecule has 6 nitrogen and oxygen atoms in total. The summed E-state index contributed by atoms with van der Waals surface area (Å²) in [6, 6.07) is 13.9. The number of fused-ring (bicyclic) bond motifs is 3. The monoisotopic (exact) mass is 419 g/mol. The van der Waals surface area contributed by atoms with Crippen LogP contribution in [0.3, 0.4) is 0 Å². The highest BCUT2D eigenvalue weighted by molar-refractivity contribution is 5.95. The van der Waals surface area contributed by atoms with Crippen molar-refractivity contribution in [3.05, 3.63) is 53.6 Å². The summed E-state index contributed by atoms with van der Waals surface area (Å²) in [7, 11) is 3.51. The van der Waals surface area contributed by atoms with Crippen LogP contribution in [0.4, 0.5) is 5.69 Å². The van der Waals surface area contributed by atoms with Gasteiger partial charge in [0.2, 0.25) is 5.91 Å². The first-order valence-electron chi connectivity index (χ1n) is 11.1. The Hall–Kier alpha value is -2.86. The van der Waals surface area contributed by atoms with Gasteiger partial charge in [0.1, 0.15) is 0 Å². The maximum Gasteiger partial charge on any atom is 0.253 e. The van der Waals surface area contributed by atoms with E-state index in [0.717, 1.165) is 48.2 Å². The van der Waals surface area contributed by atoms with Crippen molar-refractivity contribution < 1.29 is 14.7 Å². The van der Waals surface area contributed by atoms with Crippen LogP contribution in [0.5, 0.6) is 0 Å². The first-order chi connectivity index (χ1) is 15.0. The van der Waals surface area contributed by atoms with Crippen molar-refractivity contribution in [2.45, 2.75) is 31.3 Å². The van der Waals surface area contributed by atoms with E-state index in [4.69, 9.17) is 0 Å². The molecule has 0 radical (unpaired) electrons. The molecule has 2 aliphatic heterocycles. The quantitative estimate of drug-likeness (QED) is 0.799. The number of hydrogen-bond acceptors (Lipinski definition) is 4. The van der Waals surface area contributed by atoms with E-state index in [9.17, 15) is 14.7 Å². The lowest BCUT2D eigenvalue weighted by Gasteiger charge is -2.39. The number of nitrogens with zero attached hydrogens (tertiary/aromatic N) is 2. The Balaban J connectivity index is 1.54. The lowest BCUT2D eigenvalue weighted by atomic mass is 9.82. The Morgan fingerprint density at radius 2 is 1.87 bits per heavy atom. The summed E-state index contributed by atoms with van der Waals surface area (Å²) < 4.78 is 0. The van der Waals surface area contributed by atoms with Gasteiger partial charge in [0.05, 0.1) is 18.7 Å². The van der Waals surface area contributed by atoms with E-state index in [1.807, 2.05) is 36.4 Å². The smallest absolute Gasteiger partial charge is 0.253 e. The molecule has 2 aromatic rings. The number of hydrogen-bond donors (Lipinski definition) is 2. The standard InChI is InChI=1S/C25H29N3O3/c1-27(2)24(30)18-5-3-4-16(12-18)17-8-9-21-20(13-17)23-19(22(14-29)26-21)10-11-28(23)25(31)15-6-7-15/h3-5,8-9,12-13,15,19,22-23,26,29H,6-7,10-11,14H2,1-2H3/t19-,22+,23-/m1/s1. The SMILES string of the molecule is CN(C)C(=O)c1cccc(-c2ccc3c(c2)[C@H]2[C@H](CCN2C(=O)C2CC2)[C@H](CO)N3)c1. The van der Waals surface area contributed by atoms with Crippen LogP contribution in [-0.2, 0) is 4.79 Å². The average Bonchev–Trinajstić information content (AvgIpc) is 3.55. The van der Waals surface area contributed by atoms with E-state index in [-0.39, 0.29) is 42.3 Å². The molecule has 2 fully saturated rings. The van der Waals surface area contributed by atoms with Crippen molar-refractivity contribution in [3.8, 4) is 11.1 Å². The lowest BCUT2D eigenvalue weighted by Crippen LogP contribution is -2.43. The highest BCUT2D eigenvalue weighted by atomic mass is 16.3. The number of aliphatic hydroxyl groups excluding tert-OH is 1. The van der Waals surface area contributed by atoms with E-state index in [1.165, 1.54) is 0 Å². The predicted octanol–water partition coefficient (Wildman–Crippen LogP) is 3.14. The third-order valence-electron chi connectivity index (χ3n) is 6.93. The minimum Gasteiger partial charge on any atom is -0.394 e. The van der Waals surface area contributed by atoms with Gasteiger partial charge in [-0.2, -0.15) is 0 Å². The zero-order valence-corrected chi connectivity index (χ0v) is 18.0. The van der Waals surface area contributed by atoms with Crippen molar-refractivity contribution in [1.29, 1.82) is 0 Å². The van der Waals surface area contributed by atoms with Crippen LogP contribution in [0.15, 0.2) is 42.5 Å². The van der Waals surface area contributed by atoms with Gasteiger partial charge in [0.15, 0.2) is 0 Å². The highest BCUT2D eigenvalue weighted by Gasteiger charge is 2.48. The summed E-state index contributed by atoms with van der Waals surface area (Å²) in [5, 5.41) is 13.5. The molecule has 3 atom stereocenters. The summed E-state index contributed by atoms with van der Waals surface area (Å²) in [5.41, 5.74) is 4.77. The molecule has 1 saturated heterocycles. The number of benzene rings is 2. The average molecular weight is 420 g/mol. The number of rotatable bonds is 4. The maximum atomic E-state index is 13.0. The second-order valence-electron chi connectivity index (χ2n) is 9.22. The first-order valence-corrected chi connectivity index (χ1v) is 11.1. The molecular formula is C25H29N3O3. The molecule has 2 N–H and O–H groups in total. The molecule has 2 heterocycles. The van der Waals surface area contributed by atoms with Gasteiger partial charge in [-0.15, -0.1) is 0 Å². The number of carbonyl (C=O) groups is 2. The molecule has 0 spiro atoms. The van der Waals surface area contributed by atoms with Gasteiger partial charge >= 0.3 is 0 Å². The normalized spacial score (nSPS) is 24.2. The van der Waals surface area contributed by atoms with Crippen molar-refractivity contribution in [3.63, 3.8) is 0 Å². The van der Waals surface area contributed by atoms with Crippen molar-refractivity contribution in [1.82, 2.24) is 9.80 Å². The first kappa shape index (κ1) is 20.1. The minimum atomic E-state index is -0.0404. The molecular weight excluding hydrogens is 390 g/mol. The molecule has 3 aliphatic rings. The Bertz CT molecular complexity index is 1030. The summed E-state index contributed by atoms with van der Waals surface area (Å²) in [6.45, 7) is 0.807. The number of amides is 2. The van der Waals surface area contributed by atoms with E-state index < -0.39 is 0 Å². The van der Waals surface area contributed by atoms with Gasteiger partial charge in [-0.25, -0.2) is 0 Å². The minimum absolute atomic E-state index is 0.00644. The second-order valence-corrected chi connectivity index (χ2v) is 9.22. The third kappa shape index (κ3) is 3.49. The van der Waals surface area contributed by atoms with Gasteiger partial charge in [0.25, 0.3) is 5.91 Å². The summed E-state index contributed by atoms with van der Waals surface area (Å²) in [4.78, 5) is 29.1. The zero-order chi connectivity index (χ0) is 21.7. The summed E-state index contributed by atoms with van der Waals surface area (Å²) >= 11 is 0. The molecule has 162 valence electrons. The van der Waals surface area contributed by atoms with Gasteiger partial charge in [-0.1, -0.05) is 18.2 Å². The number of anilines is 1. The van der Waals surface area contributed by atoms with Crippen LogP contribution in [-0.4, -0.2) is 60.0 Å². The van der Waals surface area contributed by atoms with E-state index in [0.29, 0.717) is 5.56 Å². The van der Waals surface area contributed by atoms with Gasteiger partial charge in [0, 0.05) is 43.7 Å². The molecule has 31 heavy (non-hydrogen) atoms. The predicted molar refractivity (Wildman–Crippen MR) is 120 cm³/mol.